The van der Waals surface area contributed by atoms with Crippen molar-refractivity contribution in [2.75, 3.05) is 24.5 Å². The third-order valence-corrected chi connectivity index (χ3v) is 7.52. The van der Waals surface area contributed by atoms with Crippen LogP contribution in [0.2, 0.25) is 0 Å². The molecule has 3 aliphatic rings. The molecule has 1 aromatic carbocycles. The monoisotopic (exact) mass is 495 g/mol. The number of carbonyl (C=O) groups is 2. The zero-order chi connectivity index (χ0) is 22.0. The minimum absolute atomic E-state index is 0.0323. The smallest absolute Gasteiger partial charge is 0.250 e. The molecule has 9 heteroatoms. The van der Waals surface area contributed by atoms with Gasteiger partial charge >= 0.3 is 0 Å². The first kappa shape index (κ1) is 19.7. The van der Waals surface area contributed by atoms with Gasteiger partial charge in [-0.3, -0.25) is 24.4 Å². The molecule has 32 heavy (non-hydrogen) atoms. The number of aromatic nitrogens is 3. The minimum atomic E-state index is -0.374. The molecule has 3 aromatic rings. The summed E-state index contributed by atoms with van der Waals surface area (Å²) < 4.78 is 2.79. The Bertz CT molecular complexity index is 1310. The highest BCUT2D eigenvalue weighted by Crippen LogP contribution is 2.37. The molecule has 2 bridgehead atoms. The van der Waals surface area contributed by atoms with E-state index in [-0.39, 0.29) is 41.5 Å². The molecule has 3 unspecified atom stereocenters. The average Bonchev–Trinajstić information content (AvgIpc) is 3.36. The Kier molecular flexibility index (Phi) is 4.50. The second-order valence-electron chi connectivity index (χ2n) is 9.08. The van der Waals surface area contributed by atoms with Gasteiger partial charge in [-0.15, -0.1) is 0 Å². The fourth-order valence-corrected chi connectivity index (χ4v) is 5.96. The molecule has 2 aromatic heterocycles. The Hall–Kier alpha value is -2.94. The number of H-pyrrole nitrogens is 1. The van der Waals surface area contributed by atoms with Crippen molar-refractivity contribution >= 4 is 44.5 Å². The van der Waals surface area contributed by atoms with Crippen molar-refractivity contribution in [3.63, 3.8) is 0 Å². The van der Waals surface area contributed by atoms with E-state index in [1.807, 2.05) is 33.7 Å². The van der Waals surface area contributed by atoms with Crippen LogP contribution in [0.1, 0.15) is 24.5 Å². The Morgan fingerprint density at radius 2 is 1.97 bits per heavy atom. The fraction of sp³-hybridized carbons (Fsp3) is 0.391. The Balaban J connectivity index is 1.22. The molecular formula is C23H22BrN5O3. The minimum Gasteiger partial charge on any atom is -0.341 e. The molecule has 0 saturated carbocycles. The number of piperidine rings is 1. The van der Waals surface area contributed by atoms with Crippen molar-refractivity contribution in [2.45, 2.75) is 25.3 Å². The predicted molar refractivity (Wildman–Crippen MR) is 122 cm³/mol. The molecule has 0 radical (unpaired) electrons. The Morgan fingerprint density at radius 1 is 1.09 bits per heavy atom. The van der Waals surface area contributed by atoms with Crippen molar-refractivity contribution in [1.29, 1.82) is 0 Å². The van der Waals surface area contributed by atoms with E-state index in [9.17, 15) is 14.4 Å². The van der Waals surface area contributed by atoms with Crippen molar-refractivity contribution < 1.29 is 9.59 Å². The predicted octanol–water partition coefficient (Wildman–Crippen LogP) is 2.49. The van der Waals surface area contributed by atoms with Crippen molar-refractivity contribution in [3.8, 4) is 0 Å². The molecule has 0 aliphatic carbocycles. The lowest BCUT2D eigenvalue weighted by Gasteiger charge is -2.43. The second kappa shape index (κ2) is 7.30. The first-order valence-electron chi connectivity index (χ1n) is 10.9. The van der Waals surface area contributed by atoms with Gasteiger partial charge in [-0.2, -0.15) is 5.10 Å². The van der Waals surface area contributed by atoms with Crippen LogP contribution >= 0.6 is 15.9 Å². The standard InChI is InChI=1S/C23H22BrN5O3/c24-16-4-5-17-18(8-16)25-26-22(17)29-12-15(7-21(29)31)23(32)27-9-13-6-14(11-27)19-2-1-3-20(30)28(19)10-13/h1-5,8,13-15H,6-7,9-12H2,(H,25,26). The van der Waals surface area contributed by atoms with Crippen LogP contribution in [0.5, 0.6) is 0 Å². The first-order chi connectivity index (χ1) is 15.5. The zero-order valence-corrected chi connectivity index (χ0v) is 18.9. The van der Waals surface area contributed by atoms with Crippen LogP contribution in [0.25, 0.3) is 10.9 Å². The largest absolute Gasteiger partial charge is 0.341 e. The molecule has 8 nitrogen and oxygen atoms in total. The van der Waals surface area contributed by atoms with Crippen molar-refractivity contribution in [3.05, 3.63) is 56.9 Å². The van der Waals surface area contributed by atoms with Crippen LogP contribution in [0.3, 0.4) is 0 Å². The highest BCUT2D eigenvalue weighted by atomic mass is 79.9. The zero-order valence-electron chi connectivity index (χ0n) is 17.3. The van der Waals surface area contributed by atoms with E-state index in [0.717, 1.165) is 27.5 Å². The van der Waals surface area contributed by atoms with Gasteiger partial charge in [0.2, 0.25) is 11.8 Å². The number of benzene rings is 1. The number of hydrogen-bond acceptors (Lipinski definition) is 4. The van der Waals surface area contributed by atoms with Crippen LogP contribution in [0.4, 0.5) is 5.82 Å². The number of anilines is 1. The fourth-order valence-electron chi connectivity index (χ4n) is 5.60. The van der Waals surface area contributed by atoms with E-state index in [1.54, 1.807) is 17.0 Å². The third kappa shape index (κ3) is 3.09. The van der Waals surface area contributed by atoms with E-state index in [1.165, 1.54) is 0 Å². The molecule has 2 saturated heterocycles. The summed E-state index contributed by atoms with van der Waals surface area (Å²) in [5.41, 5.74) is 1.89. The summed E-state index contributed by atoms with van der Waals surface area (Å²) in [6.45, 7) is 2.23. The number of aromatic amines is 1. The maximum absolute atomic E-state index is 13.4. The maximum atomic E-state index is 13.4. The van der Waals surface area contributed by atoms with Gasteiger partial charge in [-0.1, -0.05) is 22.0 Å². The summed E-state index contributed by atoms with van der Waals surface area (Å²) in [7, 11) is 0. The van der Waals surface area contributed by atoms with Gasteiger partial charge in [0, 0.05) is 60.1 Å². The van der Waals surface area contributed by atoms with E-state index in [4.69, 9.17) is 0 Å². The number of rotatable bonds is 2. The van der Waals surface area contributed by atoms with Crippen LogP contribution in [-0.2, 0) is 16.1 Å². The Labute approximate surface area is 192 Å². The van der Waals surface area contributed by atoms with Crippen LogP contribution in [-0.4, -0.2) is 51.1 Å². The number of halogens is 1. The third-order valence-electron chi connectivity index (χ3n) is 7.03. The summed E-state index contributed by atoms with van der Waals surface area (Å²) in [4.78, 5) is 42.1. The topological polar surface area (TPSA) is 91.3 Å². The highest BCUT2D eigenvalue weighted by Gasteiger charge is 2.42. The van der Waals surface area contributed by atoms with Crippen molar-refractivity contribution in [1.82, 2.24) is 19.7 Å². The molecule has 3 aliphatic heterocycles. The van der Waals surface area contributed by atoms with Gasteiger partial charge in [-0.25, -0.2) is 0 Å². The second-order valence-corrected chi connectivity index (χ2v) is 10.00. The highest BCUT2D eigenvalue weighted by molar-refractivity contribution is 9.10. The van der Waals surface area contributed by atoms with E-state index >= 15 is 0 Å². The van der Waals surface area contributed by atoms with E-state index < -0.39 is 0 Å². The normalized spacial score (nSPS) is 24.8. The summed E-state index contributed by atoms with van der Waals surface area (Å²) in [5.74, 6) is 0.603. The summed E-state index contributed by atoms with van der Waals surface area (Å²) >= 11 is 3.45. The SMILES string of the molecule is O=C(C1CC(=O)N(c2n[nH]c3cc(Br)ccc23)C1)N1CC2CC(C1)c1cccc(=O)n1C2. The van der Waals surface area contributed by atoms with Gasteiger partial charge < -0.3 is 9.47 Å². The number of fused-ring (bicyclic) bond motifs is 5. The summed E-state index contributed by atoms with van der Waals surface area (Å²) in [6, 6.07) is 11.2. The quantitative estimate of drug-likeness (QED) is 0.591. The number of likely N-dealkylation sites (tertiary alicyclic amines) is 1. The molecule has 2 fully saturated rings. The molecule has 5 heterocycles. The number of nitrogens with zero attached hydrogens (tertiary/aromatic N) is 4. The summed E-state index contributed by atoms with van der Waals surface area (Å²) in [6.07, 6.45) is 1.20. The number of hydrogen-bond donors (Lipinski definition) is 1. The molecule has 2 amide bonds. The molecule has 3 atom stereocenters. The van der Waals surface area contributed by atoms with Crippen LogP contribution in [0.15, 0.2) is 45.7 Å². The number of carbonyl (C=O) groups excluding carboxylic acids is 2. The van der Waals surface area contributed by atoms with E-state index in [2.05, 4.69) is 26.1 Å². The first-order valence-corrected chi connectivity index (χ1v) is 11.7. The lowest BCUT2D eigenvalue weighted by molar-refractivity contribution is -0.138. The summed E-state index contributed by atoms with van der Waals surface area (Å²) in [5, 5.41) is 8.20. The molecule has 0 spiro atoms. The van der Waals surface area contributed by atoms with Gasteiger partial charge in [0.05, 0.1) is 11.4 Å². The number of amides is 2. The van der Waals surface area contributed by atoms with Gasteiger partial charge in [-0.05, 0) is 36.6 Å². The van der Waals surface area contributed by atoms with Crippen LogP contribution < -0.4 is 10.5 Å². The Morgan fingerprint density at radius 3 is 2.84 bits per heavy atom. The average molecular weight is 496 g/mol. The van der Waals surface area contributed by atoms with Gasteiger partial charge in [0.15, 0.2) is 5.82 Å². The lowest BCUT2D eigenvalue weighted by atomic mass is 9.82. The van der Waals surface area contributed by atoms with Gasteiger partial charge in [0.1, 0.15) is 0 Å². The maximum Gasteiger partial charge on any atom is 0.250 e. The molecule has 164 valence electrons. The van der Waals surface area contributed by atoms with Crippen molar-refractivity contribution in [2.24, 2.45) is 11.8 Å². The molecule has 6 rings (SSSR count). The number of pyridine rings is 1. The molecular weight excluding hydrogens is 474 g/mol. The van der Waals surface area contributed by atoms with E-state index in [0.29, 0.717) is 32.0 Å². The van der Waals surface area contributed by atoms with Crippen LogP contribution in [0, 0.1) is 11.8 Å². The van der Waals surface area contributed by atoms with Gasteiger partial charge in [0.25, 0.3) is 5.56 Å². The molecule has 1 N–H and O–H groups in total. The lowest BCUT2D eigenvalue weighted by Crippen LogP contribution is -2.50. The number of nitrogens with one attached hydrogen (secondary N) is 1.